The Labute approximate surface area is 116 Å². The Hall–Kier alpha value is -1.10. The summed E-state index contributed by atoms with van der Waals surface area (Å²) in [6, 6.07) is -0.484. The topological polar surface area (TPSA) is 69.6 Å². The third-order valence-electron chi connectivity index (χ3n) is 3.36. The zero-order valence-corrected chi connectivity index (χ0v) is 13.2. The second-order valence-corrected chi connectivity index (χ2v) is 6.60. The van der Waals surface area contributed by atoms with Gasteiger partial charge in [-0.2, -0.15) is 0 Å². The minimum absolute atomic E-state index is 0.136. The van der Waals surface area contributed by atoms with E-state index in [1.807, 2.05) is 41.5 Å². The maximum absolute atomic E-state index is 12.2. The molecule has 5 nitrogen and oxygen atoms in total. The van der Waals surface area contributed by atoms with Crippen LogP contribution in [-0.2, 0) is 9.59 Å². The van der Waals surface area contributed by atoms with Gasteiger partial charge in [0.25, 0.3) is 0 Å². The van der Waals surface area contributed by atoms with Gasteiger partial charge in [-0.05, 0) is 48.0 Å². The van der Waals surface area contributed by atoms with Crippen molar-refractivity contribution in [3.8, 4) is 0 Å². The molecule has 112 valence electrons. The molecule has 5 heteroatoms. The largest absolute Gasteiger partial charge is 0.480 e. The number of nitrogens with one attached hydrogen (secondary N) is 1. The van der Waals surface area contributed by atoms with Gasteiger partial charge < -0.3 is 10.4 Å². The Bertz CT molecular complexity index is 332. The number of carboxylic acids is 1. The van der Waals surface area contributed by atoms with Crippen LogP contribution in [0.25, 0.3) is 0 Å². The van der Waals surface area contributed by atoms with Crippen molar-refractivity contribution in [3.05, 3.63) is 0 Å². The van der Waals surface area contributed by atoms with Gasteiger partial charge in [0, 0.05) is 11.1 Å². The standard InChI is InChI=1S/C14H28N2O3/c1-8-14(6,7)15-12(19)10(2)16(9-11(17)18)13(3,4)5/h10H,8-9H2,1-7H3,(H,15,19)(H,17,18). The Kier molecular flexibility index (Phi) is 6.00. The minimum atomic E-state index is -0.927. The van der Waals surface area contributed by atoms with E-state index < -0.39 is 12.0 Å². The smallest absolute Gasteiger partial charge is 0.317 e. The van der Waals surface area contributed by atoms with Crippen LogP contribution in [0.15, 0.2) is 0 Å². The van der Waals surface area contributed by atoms with E-state index in [1.165, 1.54) is 0 Å². The highest BCUT2D eigenvalue weighted by Crippen LogP contribution is 2.18. The molecule has 0 aromatic heterocycles. The van der Waals surface area contributed by atoms with Crippen LogP contribution in [0.2, 0.25) is 0 Å². The molecular formula is C14H28N2O3. The van der Waals surface area contributed by atoms with Gasteiger partial charge >= 0.3 is 5.97 Å². The molecule has 2 N–H and O–H groups in total. The maximum Gasteiger partial charge on any atom is 0.317 e. The lowest BCUT2D eigenvalue weighted by Crippen LogP contribution is -2.57. The first-order chi connectivity index (χ1) is 8.40. The third-order valence-corrected chi connectivity index (χ3v) is 3.36. The van der Waals surface area contributed by atoms with Crippen LogP contribution in [0.5, 0.6) is 0 Å². The summed E-state index contributed by atoms with van der Waals surface area (Å²) >= 11 is 0. The molecule has 0 rings (SSSR count). The van der Waals surface area contributed by atoms with Gasteiger partial charge in [0.05, 0.1) is 12.6 Å². The average Bonchev–Trinajstić information content (AvgIpc) is 2.22. The zero-order valence-electron chi connectivity index (χ0n) is 13.2. The quantitative estimate of drug-likeness (QED) is 0.774. The van der Waals surface area contributed by atoms with E-state index in [0.29, 0.717) is 0 Å². The molecule has 0 saturated heterocycles. The van der Waals surface area contributed by atoms with Crippen LogP contribution in [-0.4, -0.2) is 45.5 Å². The Morgan fingerprint density at radius 1 is 1.21 bits per heavy atom. The summed E-state index contributed by atoms with van der Waals surface area (Å²) in [5, 5.41) is 11.9. The molecule has 0 aromatic carbocycles. The summed E-state index contributed by atoms with van der Waals surface area (Å²) in [5.41, 5.74) is -0.663. The second-order valence-electron chi connectivity index (χ2n) is 6.60. The van der Waals surface area contributed by atoms with Crippen molar-refractivity contribution in [2.24, 2.45) is 0 Å². The molecule has 0 aliphatic heterocycles. The lowest BCUT2D eigenvalue weighted by atomic mass is 9.99. The first kappa shape index (κ1) is 17.9. The fourth-order valence-corrected chi connectivity index (χ4v) is 1.77. The van der Waals surface area contributed by atoms with Gasteiger partial charge in [-0.3, -0.25) is 14.5 Å². The Balaban J connectivity index is 4.95. The fraction of sp³-hybridized carbons (Fsp3) is 0.857. The van der Waals surface area contributed by atoms with Crippen molar-refractivity contribution in [1.82, 2.24) is 10.2 Å². The fourth-order valence-electron chi connectivity index (χ4n) is 1.77. The van der Waals surface area contributed by atoms with Crippen molar-refractivity contribution in [3.63, 3.8) is 0 Å². The molecule has 0 radical (unpaired) electrons. The second kappa shape index (κ2) is 6.37. The molecule has 0 fully saturated rings. The molecular weight excluding hydrogens is 244 g/mol. The van der Waals surface area contributed by atoms with E-state index in [-0.39, 0.29) is 23.5 Å². The van der Waals surface area contributed by atoms with E-state index in [2.05, 4.69) is 5.32 Å². The van der Waals surface area contributed by atoms with Crippen LogP contribution in [0.3, 0.4) is 0 Å². The van der Waals surface area contributed by atoms with Crippen LogP contribution in [0.4, 0.5) is 0 Å². The lowest BCUT2D eigenvalue weighted by molar-refractivity contribution is -0.142. The number of carbonyl (C=O) groups excluding carboxylic acids is 1. The molecule has 0 aliphatic rings. The highest BCUT2D eigenvalue weighted by molar-refractivity contribution is 5.82. The van der Waals surface area contributed by atoms with Crippen LogP contribution < -0.4 is 5.32 Å². The normalized spacial score (nSPS) is 14.3. The van der Waals surface area contributed by atoms with Gasteiger partial charge in [-0.25, -0.2) is 0 Å². The summed E-state index contributed by atoms with van der Waals surface area (Å²) in [7, 11) is 0. The van der Waals surface area contributed by atoms with E-state index in [9.17, 15) is 9.59 Å². The molecule has 0 bridgehead atoms. The first-order valence-electron chi connectivity index (χ1n) is 6.71. The molecule has 0 spiro atoms. The van der Waals surface area contributed by atoms with E-state index in [4.69, 9.17) is 5.11 Å². The number of carbonyl (C=O) groups is 2. The SMILES string of the molecule is CCC(C)(C)NC(=O)C(C)N(CC(=O)O)C(C)(C)C. The number of nitrogens with zero attached hydrogens (tertiary/aromatic N) is 1. The average molecular weight is 272 g/mol. The van der Waals surface area contributed by atoms with Gasteiger partial charge in [0.1, 0.15) is 0 Å². The molecule has 0 aliphatic carbocycles. The third kappa shape index (κ3) is 6.05. The number of aliphatic carboxylic acids is 1. The van der Waals surface area contributed by atoms with Crippen LogP contribution in [0.1, 0.15) is 54.9 Å². The van der Waals surface area contributed by atoms with Gasteiger partial charge in [-0.1, -0.05) is 6.92 Å². The van der Waals surface area contributed by atoms with E-state index >= 15 is 0 Å². The molecule has 1 amide bonds. The predicted octanol–water partition coefficient (Wildman–Crippen LogP) is 1.86. The van der Waals surface area contributed by atoms with Crippen LogP contribution >= 0.6 is 0 Å². The molecule has 0 heterocycles. The molecule has 1 unspecified atom stereocenters. The molecule has 0 aromatic rings. The van der Waals surface area contributed by atoms with Gasteiger partial charge in [-0.15, -0.1) is 0 Å². The zero-order chi connectivity index (χ0) is 15.4. The monoisotopic (exact) mass is 272 g/mol. The van der Waals surface area contributed by atoms with E-state index in [0.717, 1.165) is 6.42 Å². The minimum Gasteiger partial charge on any atom is -0.480 e. The number of amides is 1. The van der Waals surface area contributed by atoms with Crippen molar-refractivity contribution in [2.45, 2.75) is 72.0 Å². The van der Waals surface area contributed by atoms with Crippen molar-refractivity contribution < 1.29 is 14.7 Å². The number of rotatable bonds is 6. The summed E-state index contributed by atoms with van der Waals surface area (Å²) in [6.45, 7) is 13.2. The van der Waals surface area contributed by atoms with E-state index in [1.54, 1.807) is 11.8 Å². The van der Waals surface area contributed by atoms with Crippen molar-refractivity contribution in [1.29, 1.82) is 0 Å². The number of hydrogen-bond donors (Lipinski definition) is 2. The molecule has 19 heavy (non-hydrogen) atoms. The number of hydrogen-bond acceptors (Lipinski definition) is 3. The Morgan fingerprint density at radius 3 is 2.00 bits per heavy atom. The van der Waals surface area contributed by atoms with Crippen molar-refractivity contribution >= 4 is 11.9 Å². The molecule has 0 saturated carbocycles. The highest BCUT2D eigenvalue weighted by Gasteiger charge is 2.33. The summed E-state index contributed by atoms with van der Waals surface area (Å²) in [4.78, 5) is 24.9. The first-order valence-corrected chi connectivity index (χ1v) is 6.71. The highest BCUT2D eigenvalue weighted by atomic mass is 16.4. The summed E-state index contributed by atoms with van der Waals surface area (Å²) in [5.74, 6) is -1.06. The van der Waals surface area contributed by atoms with Crippen LogP contribution in [0, 0.1) is 0 Å². The Morgan fingerprint density at radius 2 is 1.68 bits per heavy atom. The summed E-state index contributed by atoms with van der Waals surface area (Å²) in [6.07, 6.45) is 0.819. The molecule has 1 atom stereocenters. The number of carboxylic acid groups (broad SMARTS) is 1. The predicted molar refractivity (Wildman–Crippen MR) is 76.1 cm³/mol. The van der Waals surface area contributed by atoms with Gasteiger partial charge in [0.2, 0.25) is 5.91 Å². The van der Waals surface area contributed by atoms with Gasteiger partial charge in [0.15, 0.2) is 0 Å². The lowest BCUT2D eigenvalue weighted by Gasteiger charge is -2.39. The maximum atomic E-state index is 12.2. The van der Waals surface area contributed by atoms with Crippen molar-refractivity contribution in [2.75, 3.05) is 6.54 Å². The summed E-state index contributed by atoms with van der Waals surface area (Å²) < 4.78 is 0.